The van der Waals surface area contributed by atoms with Gasteiger partial charge in [-0.05, 0) is 17.1 Å². The molecule has 114 valence electrons. The smallest absolute Gasteiger partial charge is 0.269 e. The first-order valence-electron chi connectivity index (χ1n) is 7.21. The number of Topliss-reactive ketones (excluding diaryl/α,β-unsaturated/α-hetero) is 1. The molecular weight excluding hydrogens is 282 g/mol. The Bertz CT molecular complexity index is 715. The Balaban J connectivity index is 2.04. The largest absolute Gasteiger partial charge is 0.469 e. The van der Waals surface area contributed by atoms with Crippen molar-refractivity contribution in [1.82, 2.24) is 0 Å². The highest BCUT2D eigenvalue weighted by Crippen LogP contribution is 2.44. The first kappa shape index (κ1) is 14.5. The molecule has 0 radical (unpaired) electrons. The molecule has 1 aromatic carbocycles. The predicted octanol–water partition coefficient (Wildman–Crippen LogP) is 3.87. The number of benzene rings is 1. The van der Waals surface area contributed by atoms with E-state index in [-0.39, 0.29) is 22.8 Å². The molecule has 1 aliphatic heterocycles. The number of carbonyl (C=O) groups is 1. The fourth-order valence-electron chi connectivity index (χ4n) is 3.14. The van der Waals surface area contributed by atoms with Gasteiger partial charge >= 0.3 is 0 Å². The van der Waals surface area contributed by atoms with E-state index in [1.807, 2.05) is 19.9 Å². The molecule has 0 aromatic heterocycles. The quantitative estimate of drug-likeness (QED) is 0.614. The van der Waals surface area contributed by atoms with Gasteiger partial charge in [-0.15, -0.1) is 0 Å². The zero-order chi connectivity index (χ0) is 15.9. The molecule has 1 aromatic rings. The summed E-state index contributed by atoms with van der Waals surface area (Å²) in [7, 11) is 0. The normalized spacial score (nSPS) is 23.0. The van der Waals surface area contributed by atoms with Gasteiger partial charge in [0, 0.05) is 36.5 Å². The van der Waals surface area contributed by atoms with Crippen LogP contribution < -0.4 is 0 Å². The molecule has 1 aliphatic carbocycles. The Hall–Kier alpha value is -2.43. The molecule has 0 fully saturated rings. The van der Waals surface area contributed by atoms with E-state index in [0.717, 1.165) is 5.56 Å². The summed E-state index contributed by atoms with van der Waals surface area (Å²) in [6.45, 7) is 4.08. The van der Waals surface area contributed by atoms with E-state index in [9.17, 15) is 14.9 Å². The lowest BCUT2D eigenvalue weighted by atomic mass is 9.72. The molecule has 0 N–H and O–H groups in total. The second-order valence-electron chi connectivity index (χ2n) is 6.55. The van der Waals surface area contributed by atoms with Gasteiger partial charge in [0.15, 0.2) is 5.78 Å². The van der Waals surface area contributed by atoms with Gasteiger partial charge in [0.05, 0.1) is 11.2 Å². The van der Waals surface area contributed by atoms with Crippen LogP contribution in [0.4, 0.5) is 5.69 Å². The van der Waals surface area contributed by atoms with Gasteiger partial charge in [0.1, 0.15) is 5.76 Å². The molecule has 1 unspecified atom stereocenters. The minimum absolute atomic E-state index is 0.0307. The lowest BCUT2D eigenvalue weighted by Crippen LogP contribution is -2.29. The number of ketones is 1. The molecule has 5 heteroatoms. The van der Waals surface area contributed by atoms with Gasteiger partial charge in [-0.2, -0.15) is 0 Å². The number of hydrogen-bond acceptors (Lipinski definition) is 4. The van der Waals surface area contributed by atoms with Crippen molar-refractivity contribution in [2.45, 2.75) is 32.6 Å². The van der Waals surface area contributed by atoms with Gasteiger partial charge in [-0.25, -0.2) is 0 Å². The third kappa shape index (κ3) is 2.54. The first-order chi connectivity index (χ1) is 10.4. The van der Waals surface area contributed by atoms with E-state index in [2.05, 4.69) is 0 Å². The topological polar surface area (TPSA) is 69.4 Å². The fraction of sp³-hybridized carbons (Fsp3) is 0.353. The molecule has 5 nitrogen and oxygen atoms in total. The summed E-state index contributed by atoms with van der Waals surface area (Å²) < 4.78 is 5.56. The summed E-state index contributed by atoms with van der Waals surface area (Å²) in [6.07, 6.45) is 4.53. The van der Waals surface area contributed by atoms with Gasteiger partial charge in [-0.3, -0.25) is 14.9 Å². The van der Waals surface area contributed by atoms with Crippen molar-refractivity contribution < 1.29 is 14.5 Å². The molecular formula is C17H17NO4. The fourth-order valence-corrected chi connectivity index (χ4v) is 3.14. The summed E-state index contributed by atoms with van der Waals surface area (Å²) in [5.41, 5.74) is 1.30. The highest BCUT2D eigenvalue weighted by molar-refractivity contribution is 5.99. The highest BCUT2D eigenvalue weighted by Gasteiger charge is 2.38. The third-order valence-corrected chi connectivity index (χ3v) is 4.11. The second kappa shape index (κ2) is 5.09. The molecule has 1 atom stereocenters. The van der Waals surface area contributed by atoms with Crippen molar-refractivity contribution in [3.8, 4) is 0 Å². The van der Waals surface area contributed by atoms with E-state index >= 15 is 0 Å². The number of allylic oxidation sites excluding steroid dienone is 3. The number of rotatable bonds is 2. The van der Waals surface area contributed by atoms with Gasteiger partial charge in [0.2, 0.25) is 0 Å². The van der Waals surface area contributed by atoms with Crippen LogP contribution in [0.1, 0.15) is 38.2 Å². The number of nitro groups is 1. The van der Waals surface area contributed by atoms with Crippen LogP contribution in [0, 0.1) is 15.5 Å². The molecule has 3 rings (SSSR count). The molecule has 0 saturated heterocycles. The van der Waals surface area contributed by atoms with Crippen molar-refractivity contribution >= 4 is 11.5 Å². The van der Waals surface area contributed by atoms with Crippen LogP contribution in [-0.2, 0) is 9.53 Å². The summed E-state index contributed by atoms with van der Waals surface area (Å²) >= 11 is 0. The number of ether oxygens (including phenoxy) is 1. The Morgan fingerprint density at radius 3 is 2.82 bits per heavy atom. The van der Waals surface area contributed by atoms with E-state index in [1.165, 1.54) is 12.1 Å². The van der Waals surface area contributed by atoms with Crippen LogP contribution in [0.15, 0.2) is 47.9 Å². The Labute approximate surface area is 128 Å². The Kier molecular flexibility index (Phi) is 3.35. The third-order valence-electron chi connectivity index (χ3n) is 4.11. The summed E-state index contributed by atoms with van der Waals surface area (Å²) in [5.74, 6) is 0.486. The molecule has 0 bridgehead atoms. The van der Waals surface area contributed by atoms with Crippen molar-refractivity contribution in [2.24, 2.45) is 5.41 Å². The van der Waals surface area contributed by atoms with Gasteiger partial charge in [0.25, 0.3) is 5.69 Å². The first-order valence-corrected chi connectivity index (χ1v) is 7.21. The molecule has 0 spiro atoms. The maximum absolute atomic E-state index is 12.5. The zero-order valence-corrected chi connectivity index (χ0v) is 12.5. The van der Waals surface area contributed by atoms with Crippen LogP contribution in [0.3, 0.4) is 0 Å². The lowest BCUT2D eigenvalue weighted by Gasteiger charge is -2.35. The van der Waals surface area contributed by atoms with Gasteiger partial charge in [-0.1, -0.05) is 26.0 Å². The van der Waals surface area contributed by atoms with E-state index in [0.29, 0.717) is 24.2 Å². The Morgan fingerprint density at radius 1 is 1.32 bits per heavy atom. The number of carbonyl (C=O) groups excluding carboxylic acids is 1. The summed E-state index contributed by atoms with van der Waals surface area (Å²) in [4.78, 5) is 23.1. The summed E-state index contributed by atoms with van der Waals surface area (Å²) in [5, 5.41) is 11.0. The number of non-ortho nitro benzene ring substituents is 1. The van der Waals surface area contributed by atoms with Crippen molar-refractivity contribution in [3.63, 3.8) is 0 Å². The zero-order valence-electron chi connectivity index (χ0n) is 12.5. The number of nitro benzene ring substituents is 1. The van der Waals surface area contributed by atoms with Crippen LogP contribution in [0.5, 0.6) is 0 Å². The van der Waals surface area contributed by atoms with Crippen molar-refractivity contribution in [2.75, 3.05) is 0 Å². The summed E-state index contributed by atoms with van der Waals surface area (Å²) in [6, 6.07) is 6.44. The minimum Gasteiger partial charge on any atom is -0.469 e. The lowest BCUT2D eigenvalue weighted by molar-refractivity contribution is -0.384. The van der Waals surface area contributed by atoms with Crippen LogP contribution in [0.25, 0.3) is 0 Å². The van der Waals surface area contributed by atoms with Crippen LogP contribution in [0.2, 0.25) is 0 Å². The monoisotopic (exact) mass is 299 g/mol. The molecule has 2 aliphatic rings. The molecule has 0 amide bonds. The predicted molar refractivity (Wildman–Crippen MR) is 81.1 cm³/mol. The van der Waals surface area contributed by atoms with Crippen LogP contribution in [-0.4, -0.2) is 10.7 Å². The maximum atomic E-state index is 12.5. The van der Waals surface area contributed by atoms with Crippen molar-refractivity contribution in [3.05, 3.63) is 63.6 Å². The highest BCUT2D eigenvalue weighted by atomic mass is 16.6. The molecule has 0 saturated carbocycles. The number of hydrogen-bond donors (Lipinski definition) is 0. The van der Waals surface area contributed by atoms with Crippen molar-refractivity contribution in [1.29, 1.82) is 0 Å². The average Bonchev–Trinajstić information content (AvgIpc) is 2.45. The standard InChI is InChI=1S/C17H17NO4/c1-17(2)9-14(19)16-13(6-7-22-15(16)10-17)11-4-3-5-12(8-11)18(20)21/h3-8,13H,9-10H2,1-2H3. The van der Waals surface area contributed by atoms with E-state index in [4.69, 9.17) is 4.74 Å². The Morgan fingerprint density at radius 2 is 2.09 bits per heavy atom. The second-order valence-corrected chi connectivity index (χ2v) is 6.55. The SMILES string of the molecule is CC1(C)CC(=O)C2=C(C1)OC=CC2c1cccc([N+](=O)[O-])c1. The van der Waals surface area contributed by atoms with E-state index in [1.54, 1.807) is 18.4 Å². The molecule has 22 heavy (non-hydrogen) atoms. The van der Waals surface area contributed by atoms with Gasteiger partial charge < -0.3 is 4.74 Å². The maximum Gasteiger partial charge on any atom is 0.269 e. The molecule has 1 heterocycles. The number of nitrogens with zero attached hydrogens (tertiary/aromatic N) is 1. The minimum atomic E-state index is -0.423. The van der Waals surface area contributed by atoms with E-state index < -0.39 is 4.92 Å². The van der Waals surface area contributed by atoms with Crippen LogP contribution >= 0.6 is 0 Å². The average molecular weight is 299 g/mol.